The SMILES string of the molecule is CC(C)C(Nc1c(Nc2cccc(C(=O)N(C)C)c2O)c(=O)c1=O)c1ccccc1. The highest BCUT2D eigenvalue weighted by atomic mass is 16.3. The van der Waals surface area contributed by atoms with Crippen LogP contribution >= 0.6 is 0 Å². The Kier molecular flexibility index (Phi) is 5.91. The van der Waals surface area contributed by atoms with Crippen LogP contribution in [-0.4, -0.2) is 30.0 Å². The molecule has 0 radical (unpaired) electrons. The van der Waals surface area contributed by atoms with E-state index in [2.05, 4.69) is 10.6 Å². The van der Waals surface area contributed by atoms with Gasteiger partial charge >= 0.3 is 0 Å². The second-order valence-electron chi connectivity index (χ2n) is 7.71. The van der Waals surface area contributed by atoms with Gasteiger partial charge in [0, 0.05) is 14.1 Å². The third-order valence-corrected chi connectivity index (χ3v) is 4.97. The summed E-state index contributed by atoms with van der Waals surface area (Å²) in [6.07, 6.45) is 0. The first-order chi connectivity index (χ1) is 14.2. The van der Waals surface area contributed by atoms with E-state index in [1.165, 1.54) is 11.0 Å². The van der Waals surface area contributed by atoms with Gasteiger partial charge in [-0.15, -0.1) is 0 Å². The monoisotopic (exact) mass is 407 g/mol. The summed E-state index contributed by atoms with van der Waals surface area (Å²) in [6, 6.07) is 14.1. The Hall–Kier alpha value is -3.61. The van der Waals surface area contributed by atoms with Crippen molar-refractivity contribution in [2.75, 3.05) is 24.7 Å². The van der Waals surface area contributed by atoms with Gasteiger partial charge in [0.05, 0.1) is 17.3 Å². The van der Waals surface area contributed by atoms with Crippen molar-refractivity contribution in [2.45, 2.75) is 19.9 Å². The number of carbonyl (C=O) groups is 1. The number of para-hydroxylation sites is 1. The van der Waals surface area contributed by atoms with Gasteiger partial charge in [0.2, 0.25) is 0 Å². The maximum atomic E-state index is 12.3. The van der Waals surface area contributed by atoms with Crippen LogP contribution in [0.4, 0.5) is 17.1 Å². The van der Waals surface area contributed by atoms with Crippen LogP contribution in [0.1, 0.15) is 35.8 Å². The molecule has 0 aliphatic rings. The van der Waals surface area contributed by atoms with E-state index in [0.29, 0.717) is 0 Å². The number of nitrogens with zero attached hydrogens (tertiary/aromatic N) is 1. The highest BCUT2D eigenvalue weighted by molar-refractivity contribution is 5.99. The quantitative estimate of drug-likeness (QED) is 0.411. The summed E-state index contributed by atoms with van der Waals surface area (Å²) in [5, 5.41) is 16.5. The Morgan fingerprint density at radius 3 is 2.17 bits per heavy atom. The zero-order chi connectivity index (χ0) is 22.0. The first kappa shape index (κ1) is 21.1. The van der Waals surface area contributed by atoms with E-state index < -0.39 is 10.9 Å². The molecular formula is C23H25N3O4. The van der Waals surface area contributed by atoms with Crippen molar-refractivity contribution in [3.63, 3.8) is 0 Å². The van der Waals surface area contributed by atoms with E-state index in [4.69, 9.17) is 0 Å². The van der Waals surface area contributed by atoms with Crippen LogP contribution < -0.4 is 21.5 Å². The lowest BCUT2D eigenvalue weighted by molar-refractivity contribution is 0.0824. The molecule has 7 heteroatoms. The highest BCUT2D eigenvalue weighted by Gasteiger charge is 2.27. The molecule has 7 nitrogen and oxygen atoms in total. The number of amides is 1. The second-order valence-corrected chi connectivity index (χ2v) is 7.71. The number of phenolic OH excluding ortho intramolecular Hbond substituents is 1. The van der Waals surface area contributed by atoms with Gasteiger partial charge in [0.1, 0.15) is 11.4 Å². The molecule has 0 saturated carbocycles. The Balaban J connectivity index is 1.93. The van der Waals surface area contributed by atoms with Crippen molar-refractivity contribution >= 4 is 23.0 Å². The van der Waals surface area contributed by atoms with Gasteiger partial charge in [-0.1, -0.05) is 50.2 Å². The first-order valence-electron chi connectivity index (χ1n) is 9.67. The number of hydrogen-bond acceptors (Lipinski definition) is 6. The second kappa shape index (κ2) is 8.41. The zero-order valence-corrected chi connectivity index (χ0v) is 17.4. The lowest BCUT2D eigenvalue weighted by atomic mass is 9.95. The largest absolute Gasteiger partial charge is 0.505 e. The fourth-order valence-electron chi connectivity index (χ4n) is 3.29. The molecule has 0 saturated heterocycles. The minimum absolute atomic E-state index is 0.0753. The average molecular weight is 407 g/mol. The zero-order valence-electron chi connectivity index (χ0n) is 17.4. The minimum atomic E-state index is -0.670. The molecule has 0 aliphatic carbocycles. The van der Waals surface area contributed by atoms with Crippen LogP contribution in [0.3, 0.4) is 0 Å². The number of hydrogen-bond donors (Lipinski definition) is 3. The van der Waals surface area contributed by atoms with Gasteiger partial charge in [0.15, 0.2) is 5.75 Å². The van der Waals surface area contributed by atoms with E-state index in [1.807, 2.05) is 44.2 Å². The predicted molar refractivity (Wildman–Crippen MR) is 118 cm³/mol. The number of aromatic hydroxyl groups is 1. The molecule has 0 aromatic heterocycles. The molecule has 3 rings (SSSR count). The van der Waals surface area contributed by atoms with Crippen LogP contribution in [0.2, 0.25) is 0 Å². The van der Waals surface area contributed by atoms with Gasteiger partial charge in [-0.05, 0) is 23.6 Å². The van der Waals surface area contributed by atoms with Crippen LogP contribution in [-0.2, 0) is 0 Å². The van der Waals surface area contributed by atoms with E-state index in [1.54, 1.807) is 26.2 Å². The third-order valence-electron chi connectivity index (χ3n) is 4.97. The standard InChI is InChI=1S/C23H25N3O4/c1-13(2)17(14-9-6-5-7-10-14)25-19-18(21(28)22(19)29)24-16-12-8-11-15(20(16)27)23(30)26(3)4/h5-13,17,24-25,27H,1-4H3. The first-order valence-corrected chi connectivity index (χ1v) is 9.67. The van der Waals surface area contributed by atoms with Crippen molar-refractivity contribution < 1.29 is 9.90 Å². The number of carbonyl (C=O) groups excluding carboxylic acids is 1. The fourth-order valence-corrected chi connectivity index (χ4v) is 3.29. The molecule has 1 unspecified atom stereocenters. The Labute approximate surface area is 174 Å². The van der Waals surface area contributed by atoms with Gasteiger partial charge in [-0.3, -0.25) is 14.4 Å². The molecule has 3 aromatic carbocycles. The highest BCUT2D eigenvalue weighted by Crippen LogP contribution is 2.34. The van der Waals surface area contributed by atoms with E-state index in [9.17, 15) is 19.5 Å². The smallest absolute Gasteiger partial charge is 0.257 e. The van der Waals surface area contributed by atoms with Crippen molar-refractivity contribution in [1.29, 1.82) is 0 Å². The summed E-state index contributed by atoms with van der Waals surface area (Å²) in [4.78, 5) is 38.1. The summed E-state index contributed by atoms with van der Waals surface area (Å²) in [5.41, 5.74) is 0.239. The van der Waals surface area contributed by atoms with Crippen LogP contribution in [0, 0.1) is 5.92 Å². The Bertz CT molecular complexity index is 1130. The van der Waals surface area contributed by atoms with Crippen LogP contribution in [0.15, 0.2) is 58.1 Å². The molecule has 1 amide bonds. The maximum Gasteiger partial charge on any atom is 0.257 e. The molecular weight excluding hydrogens is 382 g/mol. The summed E-state index contributed by atoms with van der Waals surface area (Å²) in [6.45, 7) is 4.04. The topological polar surface area (TPSA) is 98.7 Å². The van der Waals surface area contributed by atoms with Crippen molar-refractivity contribution in [3.8, 4) is 5.75 Å². The fraction of sp³-hybridized carbons (Fsp3) is 0.261. The maximum absolute atomic E-state index is 12.3. The number of nitrogens with one attached hydrogen (secondary N) is 2. The molecule has 0 spiro atoms. The Morgan fingerprint density at radius 2 is 1.57 bits per heavy atom. The molecule has 0 heterocycles. The van der Waals surface area contributed by atoms with Gasteiger partial charge in [-0.25, -0.2) is 0 Å². The van der Waals surface area contributed by atoms with Crippen molar-refractivity contribution in [1.82, 2.24) is 4.90 Å². The molecule has 30 heavy (non-hydrogen) atoms. The molecule has 156 valence electrons. The van der Waals surface area contributed by atoms with Gasteiger partial charge in [-0.2, -0.15) is 0 Å². The number of benzene rings is 2. The number of anilines is 3. The lowest BCUT2D eigenvalue weighted by Crippen LogP contribution is -2.38. The molecule has 3 aromatic rings. The van der Waals surface area contributed by atoms with Crippen LogP contribution in [0.5, 0.6) is 5.75 Å². The van der Waals surface area contributed by atoms with Gasteiger partial charge in [0.25, 0.3) is 16.8 Å². The number of rotatable bonds is 7. The summed E-state index contributed by atoms with van der Waals surface area (Å²) >= 11 is 0. The lowest BCUT2D eigenvalue weighted by Gasteiger charge is -2.26. The average Bonchev–Trinajstić information content (AvgIpc) is 2.73. The third kappa shape index (κ3) is 3.91. The summed E-state index contributed by atoms with van der Waals surface area (Å²) in [5.74, 6) is -0.499. The normalized spacial score (nSPS) is 12.0. The molecule has 1 atom stereocenters. The summed E-state index contributed by atoms with van der Waals surface area (Å²) < 4.78 is 0. The number of phenols is 1. The van der Waals surface area contributed by atoms with Crippen molar-refractivity contribution in [2.24, 2.45) is 5.92 Å². The molecule has 0 fully saturated rings. The molecule has 0 bridgehead atoms. The summed E-state index contributed by atoms with van der Waals surface area (Å²) in [7, 11) is 3.16. The molecule has 0 aliphatic heterocycles. The van der Waals surface area contributed by atoms with E-state index >= 15 is 0 Å². The van der Waals surface area contributed by atoms with E-state index in [-0.39, 0.29) is 46.2 Å². The van der Waals surface area contributed by atoms with Gasteiger partial charge < -0.3 is 20.6 Å². The predicted octanol–water partition coefficient (Wildman–Crippen LogP) is 3.24. The van der Waals surface area contributed by atoms with E-state index in [0.717, 1.165) is 5.56 Å². The van der Waals surface area contributed by atoms with Crippen LogP contribution in [0.25, 0.3) is 0 Å². The molecule has 3 N–H and O–H groups in total. The minimum Gasteiger partial charge on any atom is -0.505 e. The Morgan fingerprint density at radius 1 is 0.933 bits per heavy atom. The van der Waals surface area contributed by atoms with Crippen molar-refractivity contribution in [3.05, 3.63) is 80.1 Å².